The van der Waals surface area contributed by atoms with E-state index in [4.69, 9.17) is 0 Å². The van der Waals surface area contributed by atoms with Crippen LogP contribution >= 0.6 is 0 Å². The van der Waals surface area contributed by atoms with E-state index in [1.165, 1.54) is 38.5 Å². The zero-order chi connectivity index (χ0) is 14.5. The Kier molecular flexibility index (Phi) is 12.4. The van der Waals surface area contributed by atoms with Gasteiger partial charge < -0.3 is 0 Å². The molecule has 0 rings (SSSR count). The van der Waals surface area contributed by atoms with Crippen LogP contribution in [0.1, 0.15) is 78.6 Å². The highest BCUT2D eigenvalue weighted by Crippen LogP contribution is 2.17. The Morgan fingerprint density at radius 2 is 1.42 bits per heavy atom. The molecular weight excluding hydrogens is 242 g/mol. The molecule has 114 valence electrons. The van der Waals surface area contributed by atoms with Crippen molar-refractivity contribution in [3.05, 3.63) is 12.2 Å². The van der Waals surface area contributed by atoms with Crippen LogP contribution in [0.4, 0.5) is 8.78 Å². The fraction of sp³-hybridized carbons (Fsp3) is 0.882. The van der Waals surface area contributed by atoms with Crippen LogP contribution in [-0.2, 0) is 0 Å². The second kappa shape index (κ2) is 12.6. The molecule has 0 aromatic carbocycles. The Bertz CT molecular complexity index is 209. The summed E-state index contributed by atoms with van der Waals surface area (Å²) in [6.45, 7) is 6.44. The molecule has 1 atom stereocenters. The van der Waals surface area contributed by atoms with Crippen LogP contribution in [-0.4, -0.2) is 6.43 Å². The van der Waals surface area contributed by atoms with Crippen LogP contribution < -0.4 is 0 Å². The molecule has 0 radical (unpaired) electrons. The molecule has 0 saturated carbocycles. The van der Waals surface area contributed by atoms with E-state index in [1.54, 1.807) is 0 Å². The molecule has 0 bridgehead atoms. The van der Waals surface area contributed by atoms with Crippen molar-refractivity contribution < 1.29 is 8.78 Å². The minimum atomic E-state index is -2.13. The summed E-state index contributed by atoms with van der Waals surface area (Å²) in [6.07, 6.45) is 11.9. The predicted octanol–water partition coefficient (Wildman–Crippen LogP) is 6.61. The average Bonchev–Trinajstić information content (AvgIpc) is 2.30. The molecule has 19 heavy (non-hydrogen) atoms. The van der Waals surface area contributed by atoms with Crippen molar-refractivity contribution in [1.29, 1.82) is 0 Å². The van der Waals surface area contributed by atoms with Gasteiger partial charge in [-0.1, -0.05) is 58.6 Å². The molecule has 0 amide bonds. The third-order valence-corrected chi connectivity index (χ3v) is 3.48. The molecular formula is C17H32F2. The highest BCUT2D eigenvalue weighted by molar-refractivity contribution is 4.81. The highest BCUT2D eigenvalue weighted by Gasteiger charge is 2.09. The maximum absolute atomic E-state index is 12.1. The lowest BCUT2D eigenvalue weighted by Crippen LogP contribution is -2.01. The van der Waals surface area contributed by atoms with Crippen LogP contribution in [0.15, 0.2) is 12.2 Å². The molecule has 0 nitrogen and oxygen atoms in total. The SMILES string of the molecule is CC(C)CC/C=C/CCCCCCC(C)CC(F)F. The van der Waals surface area contributed by atoms with E-state index < -0.39 is 6.43 Å². The van der Waals surface area contributed by atoms with Gasteiger partial charge in [0.1, 0.15) is 0 Å². The normalized spacial score (nSPS) is 13.8. The third kappa shape index (κ3) is 15.5. The van der Waals surface area contributed by atoms with Gasteiger partial charge in [0.15, 0.2) is 0 Å². The van der Waals surface area contributed by atoms with Gasteiger partial charge in [-0.05, 0) is 37.5 Å². The largest absolute Gasteiger partial charge is 0.238 e. The number of alkyl halides is 2. The highest BCUT2D eigenvalue weighted by atomic mass is 19.3. The van der Waals surface area contributed by atoms with Crippen molar-refractivity contribution >= 4 is 0 Å². The van der Waals surface area contributed by atoms with Gasteiger partial charge in [-0.25, -0.2) is 8.78 Å². The summed E-state index contributed by atoms with van der Waals surface area (Å²) in [7, 11) is 0. The average molecular weight is 274 g/mol. The van der Waals surface area contributed by atoms with Crippen LogP contribution in [0.25, 0.3) is 0 Å². The van der Waals surface area contributed by atoms with Crippen molar-refractivity contribution in [1.82, 2.24) is 0 Å². The van der Waals surface area contributed by atoms with Crippen molar-refractivity contribution in [2.24, 2.45) is 11.8 Å². The molecule has 0 spiro atoms. The molecule has 2 heteroatoms. The van der Waals surface area contributed by atoms with E-state index in [9.17, 15) is 8.78 Å². The summed E-state index contributed by atoms with van der Waals surface area (Å²) < 4.78 is 24.2. The molecule has 1 unspecified atom stereocenters. The van der Waals surface area contributed by atoms with Gasteiger partial charge in [0.25, 0.3) is 0 Å². The van der Waals surface area contributed by atoms with E-state index in [0.717, 1.165) is 18.8 Å². The minimum absolute atomic E-state index is 0.0680. The van der Waals surface area contributed by atoms with Crippen molar-refractivity contribution in [3.63, 3.8) is 0 Å². The van der Waals surface area contributed by atoms with Gasteiger partial charge >= 0.3 is 0 Å². The van der Waals surface area contributed by atoms with Crippen LogP contribution in [0.3, 0.4) is 0 Å². The lowest BCUT2D eigenvalue weighted by atomic mass is 9.99. The van der Waals surface area contributed by atoms with E-state index in [1.807, 2.05) is 6.92 Å². The summed E-state index contributed by atoms with van der Waals surface area (Å²) >= 11 is 0. The number of unbranched alkanes of at least 4 members (excludes halogenated alkanes) is 4. The number of rotatable bonds is 12. The summed E-state index contributed by atoms with van der Waals surface area (Å²) in [4.78, 5) is 0. The van der Waals surface area contributed by atoms with Gasteiger partial charge in [0.2, 0.25) is 6.43 Å². The lowest BCUT2D eigenvalue weighted by molar-refractivity contribution is 0.115. The van der Waals surface area contributed by atoms with E-state index >= 15 is 0 Å². The predicted molar refractivity (Wildman–Crippen MR) is 80.7 cm³/mol. The van der Waals surface area contributed by atoms with Crippen LogP contribution in [0, 0.1) is 11.8 Å². The molecule has 0 saturated heterocycles. The Morgan fingerprint density at radius 1 is 0.789 bits per heavy atom. The van der Waals surface area contributed by atoms with E-state index in [-0.39, 0.29) is 12.3 Å². The van der Waals surface area contributed by atoms with Crippen molar-refractivity contribution in [2.45, 2.75) is 85.0 Å². The first-order valence-electron chi connectivity index (χ1n) is 7.95. The standard InChI is InChI=1S/C17H32F2/c1-15(2)12-10-8-6-4-5-7-9-11-13-16(3)14-17(18)19/h6,8,15-17H,4-5,7,9-14H2,1-3H3/b8-6+. The first-order chi connectivity index (χ1) is 9.02. The summed E-state index contributed by atoms with van der Waals surface area (Å²) in [5.74, 6) is 0.968. The van der Waals surface area contributed by atoms with E-state index in [2.05, 4.69) is 26.0 Å². The smallest absolute Gasteiger partial charge is 0.211 e. The number of hydrogen-bond donors (Lipinski definition) is 0. The van der Waals surface area contributed by atoms with E-state index in [0.29, 0.717) is 0 Å². The number of allylic oxidation sites excluding steroid dienone is 2. The van der Waals surface area contributed by atoms with Crippen molar-refractivity contribution in [2.75, 3.05) is 0 Å². The quantitative estimate of drug-likeness (QED) is 0.277. The monoisotopic (exact) mass is 274 g/mol. The second-order valence-electron chi connectivity index (χ2n) is 6.17. The van der Waals surface area contributed by atoms with Gasteiger partial charge in [-0.15, -0.1) is 0 Å². The molecule has 0 heterocycles. The minimum Gasteiger partial charge on any atom is -0.211 e. The number of hydrogen-bond acceptors (Lipinski definition) is 0. The zero-order valence-electron chi connectivity index (χ0n) is 13.0. The first-order valence-corrected chi connectivity index (χ1v) is 7.95. The second-order valence-corrected chi connectivity index (χ2v) is 6.17. The van der Waals surface area contributed by atoms with Gasteiger partial charge in [-0.2, -0.15) is 0 Å². The lowest BCUT2D eigenvalue weighted by Gasteiger charge is -2.09. The summed E-state index contributed by atoms with van der Waals surface area (Å²) in [6, 6.07) is 0. The van der Waals surface area contributed by atoms with Crippen molar-refractivity contribution in [3.8, 4) is 0 Å². The molecule has 0 aliphatic heterocycles. The molecule has 0 aliphatic carbocycles. The molecule has 0 aromatic heterocycles. The Morgan fingerprint density at radius 3 is 2.05 bits per heavy atom. The first kappa shape index (κ1) is 18.6. The fourth-order valence-corrected chi connectivity index (χ4v) is 2.20. The Hall–Kier alpha value is -0.400. The molecule has 0 N–H and O–H groups in total. The maximum atomic E-state index is 12.1. The summed E-state index contributed by atoms with van der Waals surface area (Å²) in [5, 5.41) is 0. The maximum Gasteiger partial charge on any atom is 0.238 e. The fourth-order valence-electron chi connectivity index (χ4n) is 2.20. The van der Waals surface area contributed by atoms with Gasteiger partial charge in [0, 0.05) is 6.42 Å². The Balaban J connectivity index is 3.22. The van der Waals surface area contributed by atoms with Gasteiger partial charge in [0.05, 0.1) is 0 Å². The zero-order valence-corrected chi connectivity index (χ0v) is 13.0. The van der Waals surface area contributed by atoms with Crippen LogP contribution in [0.5, 0.6) is 0 Å². The third-order valence-electron chi connectivity index (χ3n) is 3.48. The molecule has 0 aliphatic rings. The molecule has 0 fully saturated rings. The number of halogens is 2. The Labute approximate surface area is 118 Å². The molecule has 0 aromatic rings. The summed E-state index contributed by atoms with van der Waals surface area (Å²) in [5.41, 5.74) is 0. The van der Waals surface area contributed by atoms with Crippen LogP contribution in [0.2, 0.25) is 0 Å². The van der Waals surface area contributed by atoms with Gasteiger partial charge in [-0.3, -0.25) is 0 Å². The topological polar surface area (TPSA) is 0 Å².